The topological polar surface area (TPSA) is 46.5 Å². The number of esters is 1. The largest absolute Gasteiger partial charge is 0.421 e. The van der Waals surface area contributed by atoms with Crippen LogP contribution in [-0.2, 0) is 21.7 Å². The first-order chi connectivity index (χ1) is 14.0. The van der Waals surface area contributed by atoms with Gasteiger partial charge >= 0.3 is 5.97 Å². The summed E-state index contributed by atoms with van der Waals surface area (Å²) in [5.74, 6) is -2.04. The predicted octanol–water partition coefficient (Wildman–Crippen LogP) is 6.97. The zero-order chi connectivity index (χ0) is 21.1. The van der Waals surface area contributed by atoms with Gasteiger partial charge in [0.25, 0.3) is 5.79 Å². The van der Waals surface area contributed by atoms with Crippen LogP contribution in [0.3, 0.4) is 0 Å². The molecule has 1 N–H and O–H groups in total. The number of ether oxygens (including phenoxy) is 1. The average Bonchev–Trinajstić information content (AvgIpc) is 2.92. The second-order valence-electron chi connectivity index (χ2n) is 8.62. The van der Waals surface area contributed by atoms with Crippen molar-refractivity contribution >= 4 is 5.97 Å². The van der Waals surface area contributed by atoms with Crippen LogP contribution in [-0.4, -0.2) is 11.1 Å². The summed E-state index contributed by atoms with van der Waals surface area (Å²) in [5, 5.41) is 10.8. The Bertz CT molecular complexity index is 659. The molecule has 1 aromatic carbocycles. The number of unbranched alkanes of at least 4 members (excludes halogenated alkanes) is 11. The lowest BCUT2D eigenvalue weighted by Crippen LogP contribution is -2.27. The molecule has 0 saturated carbocycles. The first kappa shape index (κ1) is 23.7. The minimum absolute atomic E-state index is 0.439. The van der Waals surface area contributed by atoms with Crippen LogP contribution in [0.5, 0.6) is 0 Å². The van der Waals surface area contributed by atoms with Crippen LogP contribution in [0, 0.1) is 0 Å². The molecule has 0 radical (unpaired) electrons. The number of hydrogen-bond acceptors (Lipinski definition) is 3. The van der Waals surface area contributed by atoms with E-state index in [4.69, 9.17) is 4.74 Å². The fourth-order valence-corrected chi connectivity index (χ4v) is 4.04. The van der Waals surface area contributed by atoms with E-state index in [1.807, 2.05) is 24.3 Å². The van der Waals surface area contributed by atoms with Gasteiger partial charge in [0.15, 0.2) is 0 Å². The highest BCUT2D eigenvalue weighted by atomic mass is 16.7. The van der Waals surface area contributed by atoms with Crippen molar-refractivity contribution in [2.45, 2.75) is 110 Å². The highest BCUT2D eigenvalue weighted by molar-refractivity contribution is 5.92. The van der Waals surface area contributed by atoms with E-state index in [0.717, 1.165) is 6.42 Å². The first-order valence-corrected chi connectivity index (χ1v) is 11.7. The van der Waals surface area contributed by atoms with Crippen molar-refractivity contribution in [3.05, 3.63) is 46.5 Å². The molecule has 0 spiro atoms. The van der Waals surface area contributed by atoms with Crippen LogP contribution in [0.4, 0.5) is 0 Å². The number of cyclic esters (lactones) is 1. The molecule has 1 atom stereocenters. The van der Waals surface area contributed by atoms with Crippen LogP contribution in [0.15, 0.2) is 35.4 Å². The Kier molecular flexibility index (Phi) is 9.93. The molecule has 1 aliphatic rings. The lowest BCUT2D eigenvalue weighted by molar-refractivity contribution is -0.185. The second kappa shape index (κ2) is 12.2. The summed E-state index contributed by atoms with van der Waals surface area (Å²) in [4.78, 5) is 11.7. The Morgan fingerprint density at radius 2 is 1.28 bits per heavy atom. The van der Waals surface area contributed by atoms with Gasteiger partial charge in [-0.15, -0.1) is 0 Å². The molecule has 0 aliphatic carbocycles. The van der Waals surface area contributed by atoms with E-state index in [1.54, 1.807) is 13.8 Å². The summed E-state index contributed by atoms with van der Waals surface area (Å²) in [6, 6.07) is 7.84. The fraction of sp³-hybridized carbons (Fsp3) is 0.654. The number of carbonyl (C=O) groups is 1. The molecule has 0 saturated heterocycles. The summed E-state index contributed by atoms with van der Waals surface area (Å²) in [7, 11) is 0. The van der Waals surface area contributed by atoms with E-state index in [-0.39, 0.29) is 0 Å². The van der Waals surface area contributed by atoms with Crippen LogP contribution >= 0.6 is 0 Å². The number of rotatable bonds is 14. The van der Waals surface area contributed by atoms with Gasteiger partial charge in [-0.1, -0.05) is 102 Å². The maximum Gasteiger partial charge on any atom is 0.336 e. The molecule has 162 valence electrons. The van der Waals surface area contributed by atoms with Gasteiger partial charge in [-0.2, -0.15) is 0 Å². The smallest absolute Gasteiger partial charge is 0.336 e. The third kappa shape index (κ3) is 6.99. The third-order valence-electron chi connectivity index (χ3n) is 6.28. The number of aliphatic hydroxyl groups is 1. The average molecular weight is 401 g/mol. The second-order valence-corrected chi connectivity index (χ2v) is 8.62. The molecule has 2 rings (SSSR count). The normalized spacial score (nSPS) is 19.1. The molecule has 3 heteroatoms. The van der Waals surface area contributed by atoms with Crippen LogP contribution in [0.1, 0.15) is 109 Å². The quantitative estimate of drug-likeness (QED) is 0.271. The number of benzene rings is 1. The van der Waals surface area contributed by atoms with Gasteiger partial charge in [-0.3, -0.25) is 0 Å². The molecule has 3 nitrogen and oxygen atoms in total. The maximum atomic E-state index is 11.7. The Labute approximate surface area is 177 Å². The summed E-state index contributed by atoms with van der Waals surface area (Å²) >= 11 is 0. The summed E-state index contributed by atoms with van der Waals surface area (Å²) in [6.07, 6.45) is 17.4. The van der Waals surface area contributed by atoms with Crippen molar-refractivity contribution in [3.63, 3.8) is 0 Å². The molecule has 29 heavy (non-hydrogen) atoms. The lowest BCUT2D eigenvalue weighted by Gasteiger charge is -2.23. The Balaban J connectivity index is 1.59. The van der Waals surface area contributed by atoms with Gasteiger partial charge in [-0.05, 0) is 32.3 Å². The van der Waals surface area contributed by atoms with Crippen molar-refractivity contribution in [2.24, 2.45) is 0 Å². The van der Waals surface area contributed by atoms with Gasteiger partial charge in [0.05, 0.1) is 0 Å². The number of hydrogen-bond donors (Lipinski definition) is 1. The van der Waals surface area contributed by atoms with Crippen LogP contribution in [0.25, 0.3) is 0 Å². The van der Waals surface area contributed by atoms with E-state index in [2.05, 4.69) is 6.92 Å². The monoisotopic (exact) mass is 400 g/mol. The van der Waals surface area contributed by atoms with Gasteiger partial charge < -0.3 is 9.84 Å². The molecule has 1 unspecified atom stereocenters. The molecule has 1 heterocycles. The van der Waals surface area contributed by atoms with Gasteiger partial charge in [0, 0.05) is 16.7 Å². The SMILES string of the molecule is CCCCCCCCCCCCCCc1ccc(C2(O)OC(=O)C(C)=C2C)cc1. The van der Waals surface area contributed by atoms with E-state index < -0.39 is 11.8 Å². The zero-order valence-corrected chi connectivity index (χ0v) is 18.8. The lowest BCUT2D eigenvalue weighted by atomic mass is 9.95. The minimum Gasteiger partial charge on any atom is -0.421 e. The molecule has 0 amide bonds. The molecule has 0 aromatic heterocycles. The maximum absolute atomic E-state index is 11.7. The van der Waals surface area contributed by atoms with Crippen molar-refractivity contribution in [1.82, 2.24) is 0 Å². The Hall–Kier alpha value is -1.61. The van der Waals surface area contributed by atoms with Crippen LogP contribution in [0.2, 0.25) is 0 Å². The van der Waals surface area contributed by atoms with Gasteiger partial charge in [0.2, 0.25) is 0 Å². The summed E-state index contributed by atoms with van der Waals surface area (Å²) in [6.45, 7) is 5.71. The van der Waals surface area contributed by atoms with Crippen molar-refractivity contribution < 1.29 is 14.6 Å². The molecule has 1 aliphatic heterocycles. The highest BCUT2D eigenvalue weighted by Gasteiger charge is 2.43. The van der Waals surface area contributed by atoms with E-state index in [9.17, 15) is 9.90 Å². The highest BCUT2D eigenvalue weighted by Crippen LogP contribution is 2.38. The summed E-state index contributed by atoms with van der Waals surface area (Å²) < 4.78 is 5.22. The van der Waals surface area contributed by atoms with Crippen molar-refractivity contribution in [3.8, 4) is 0 Å². The molecular formula is C26H40O3. The molecule has 0 fully saturated rings. The summed E-state index contributed by atoms with van der Waals surface area (Å²) in [5.41, 5.74) is 2.97. The molecule has 1 aromatic rings. The molecule has 0 bridgehead atoms. The van der Waals surface area contributed by atoms with Crippen molar-refractivity contribution in [2.75, 3.05) is 0 Å². The number of aryl methyl sites for hydroxylation is 1. The van der Waals surface area contributed by atoms with Crippen LogP contribution < -0.4 is 0 Å². The van der Waals surface area contributed by atoms with Gasteiger partial charge in [0.1, 0.15) is 0 Å². The first-order valence-electron chi connectivity index (χ1n) is 11.7. The Morgan fingerprint density at radius 1 is 0.793 bits per heavy atom. The van der Waals surface area contributed by atoms with Crippen molar-refractivity contribution in [1.29, 1.82) is 0 Å². The fourth-order valence-electron chi connectivity index (χ4n) is 4.04. The molecular weight excluding hydrogens is 360 g/mol. The Morgan fingerprint density at radius 3 is 1.72 bits per heavy atom. The number of carbonyl (C=O) groups excluding carboxylic acids is 1. The van der Waals surface area contributed by atoms with E-state index in [0.29, 0.717) is 16.7 Å². The minimum atomic E-state index is -1.60. The van der Waals surface area contributed by atoms with E-state index in [1.165, 1.54) is 82.6 Å². The predicted molar refractivity (Wildman–Crippen MR) is 120 cm³/mol. The zero-order valence-electron chi connectivity index (χ0n) is 18.8. The third-order valence-corrected chi connectivity index (χ3v) is 6.28. The standard InChI is InChI=1S/C26H40O3/c1-4-5-6-7-8-9-10-11-12-13-14-15-16-23-17-19-24(20-18-23)26(28)22(3)21(2)25(27)29-26/h17-20,28H,4-16H2,1-3H3. The van der Waals surface area contributed by atoms with Gasteiger partial charge in [-0.25, -0.2) is 4.79 Å². The van der Waals surface area contributed by atoms with E-state index >= 15 is 0 Å².